The molecule has 0 radical (unpaired) electrons. The van der Waals surface area contributed by atoms with Crippen LogP contribution in [-0.4, -0.2) is 28.6 Å². The van der Waals surface area contributed by atoms with Gasteiger partial charge in [0.05, 0.1) is 5.56 Å². The van der Waals surface area contributed by atoms with Gasteiger partial charge in [-0.15, -0.1) is 0 Å². The highest BCUT2D eigenvalue weighted by molar-refractivity contribution is 5.87. The van der Waals surface area contributed by atoms with Crippen LogP contribution in [0.3, 0.4) is 0 Å². The number of likely N-dealkylation sites (N-methyl/N-ethyl adjacent to an activating group) is 1. The van der Waals surface area contributed by atoms with E-state index in [1.807, 2.05) is 12.1 Å². The van der Waals surface area contributed by atoms with Crippen molar-refractivity contribution < 1.29 is 9.90 Å². The Morgan fingerprint density at radius 2 is 2.25 bits per heavy atom. The molecular weight excluding hydrogens is 202 g/mol. The lowest BCUT2D eigenvalue weighted by Crippen LogP contribution is -2.38. The number of hydrogen-bond acceptors (Lipinski definition) is 2. The molecule has 1 N–H and O–H groups in total. The minimum atomic E-state index is -0.839. The number of aromatic carboxylic acids is 1. The van der Waals surface area contributed by atoms with Gasteiger partial charge in [0.1, 0.15) is 0 Å². The third-order valence-corrected chi connectivity index (χ3v) is 3.37. The molecule has 0 saturated carbocycles. The van der Waals surface area contributed by atoms with Crippen LogP contribution in [0.25, 0.3) is 0 Å². The summed E-state index contributed by atoms with van der Waals surface area (Å²) in [6, 6.07) is 5.97. The highest BCUT2D eigenvalue weighted by atomic mass is 16.4. The summed E-state index contributed by atoms with van der Waals surface area (Å²) >= 11 is 0. The summed E-state index contributed by atoms with van der Waals surface area (Å²) in [5, 5.41) is 8.94. The second kappa shape index (κ2) is 4.26. The van der Waals surface area contributed by atoms with E-state index in [4.69, 9.17) is 5.11 Å². The van der Waals surface area contributed by atoms with Gasteiger partial charge in [0, 0.05) is 12.6 Å². The van der Waals surface area contributed by atoms with Gasteiger partial charge < -0.3 is 5.11 Å². The van der Waals surface area contributed by atoms with Crippen molar-refractivity contribution >= 4 is 5.97 Å². The Morgan fingerprint density at radius 3 is 2.88 bits per heavy atom. The van der Waals surface area contributed by atoms with Gasteiger partial charge >= 0.3 is 5.97 Å². The Hall–Kier alpha value is -1.35. The number of benzene rings is 1. The van der Waals surface area contributed by atoms with Crippen LogP contribution in [0.2, 0.25) is 0 Å². The molecule has 1 aliphatic rings. The summed E-state index contributed by atoms with van der Waals surface area (Å²) in [6.45, 7) is 6.33. The first-order chi connectivity index (χ1) is 7.61. The summed E-state index contributed by atoms with van der Waals surface area (Å²) in [6.07, 6.45) is 0.949. The molecule has 3 heteroatoms. The fraction of sp³-hybridized carbons (Fsp3) is 0.462. The van der Waals surface area contributed by atoms with Crippen molar-refractivity contribution in [2.24, 2.45) is 0 Å². The molecule has 1 atom stereocenters. The van der Waals surface area contributed by atoms with Crippen molar-refractivity contribution in [2.75, 3.05) is 6.54 Å². The van der Waals surface area contributed by atoms with Crippen LogP contribution in [0, 0.1) is 0 Å². The van der Waals surface area contributed by atoms with Crippen molar-refractivity contribution in [3.8, 4) is 0 Å². The largest absolute Gasteiger partial charge is 0.478 e. The standard InChI is InChI=1S/C13H17NO2/c1-3-14-8-11-5-4-10(13(15)16)7-12(11)6-9(14)2/h4-5,7,9H,3,6,8H2,1-2H3,(H,15,16). The fourth-order valence-corrected chi connectivity index (χ4v) is 2.35. The molecule has 1 heterocycles. The minimum absolute atomic E-state index is 0.399. The van der Waals surface area contributed by atoms with Crippen LogP contribution >= 0.6 is 0 Å². The number of carboxylic acid groups (broad SMARTS) is 1. The van der Waals surface area contributed by atoms with E-state index >= 15 is 0 Å². The first-order valence-corrected chi connectivity index (χ1v) is 5.71. The zero-order valence-corrected chi connectivity index (χ0v) is 9.73. The maximum Gasteiger partial charge on any atom is 0.335 e. The fourth-order valence-electron chi connectivity index (χ4n) is 2.35. The van der Waals surface area contributed by atoms with Crippen LogP contribution in [0.1, 0.15) is 35.3 Å². The molecule has 0 saturated heterocycles. The molecule has 0 aromatic heterocycles. The average molecular weight is 219 g/mol. The Bertz CT molecular complexity index is 414. The lowest BCUT2D eigenvalue weighted by molar-refractivity contribution is 0.0696. The first-order valence-electron chi connectivity index (χ1n) is 5.71. The van der Waals surface area contributed by atoms with Crippen LogP contribution in [0.15, 0.2) is 18.2 Å². The van der Waals surface area contributed by atoms with Crippen molar-refractivity contribution in [1.82, 2.24) is 4.90 Å². The van der Waals surface area contributed by atoms with Gasteiger partial charge in [-0.1, -0.05) is 13.0 Å². The second-order valence-electron chi connectivity index (χ2n) is 4.40. The number of fused-ring (bicyclic) bond motifs is 1. The molecule has 0 fully saturated rings. The van der Waals surface area contributed by atoms with Crippen molar-refractivity contribution in [1.29, 1.82) is 0 Å². The molecule has 3 nitrogen and oxygen atoms in total. The first kappa shape index (κ1) is 11.1. The normalized spacial score (nSPS) is 20.5. The van der Waals surface area contributed by atoms with E-state index in [1.165, 1.54) is 11.1 Å². The maximum atomic E-state index is 10.9. The molecule has 1 unspecified atom stereocenters. The quantitative estimate of drug-likeness (QED) is 0.828. The van der Waals surface area contributed by atoms with Crippen molar-refractivity contribution in [2.45, 2.75) is 32.9 Å². The molecule has 0 bridgehead atoms. The molecule has 2 rings (SSSR count). The smallest absolute Gasteiger partial charge is 0.335 e. The van der Waals surface area contributed by atoms with E-state index in [9.17, 15) is 4.79 Å². The average Bonchev–Trinajstić information content (AvgIpc) is 2.27. The molecule has 0 amide bonds. The number of rotatable bonds is 2. The maximum absolute atomic E-state index is 10.9. The number of carbonyl (C=O) groups is 1. The highest BCUT2D eigenvalue weighted by Crippen LogP contribution is 2.24. The van der Waals surface area contributed by atoms with Gasteiger partial charge in [0.15, 0.2) is 0 Å². The monoisotopic (exact) mass is 219 g/mol. The topological polar surface area (TPSA) is 40.5 Å². The van der Waals surface area contributed by atoms with Crippen LogP contribution in [0.4, 0.5) is 0 Å². The van der Waals surface area contributed by atoms with E-state index in [0.717, 1.165) is 19.5 Å². The Morgan fingerprint density at radius 1 is 1.50 bits per heavy atom. The molecule has 16 heavy (non-hydrogen) atoms. The third-order valence-electron chi connectivity index (χ3n) is 3.37. The minimum Gasteiger partial charge on any atom is -0.478 e. The zero-order chi connectivity index (χ0) is 11.7. The van der Waals surface area contributed by atoms with Crippen molar-refractivity contribution in [3.63, 3.8) is 0 Å². The van der Waals surface area contributed by atoms with Gasteiger partial charge in [-0.05, 0) is 43.1 Å². The summed E-state index contributed by atoms with van der Waals surface area (Å²) < 4.78 is 0. The van der Waals surface area contributed by atoms with Gasteiger partial charge in [-0.2, -0.15) is 0 Å². The molecule has 1 aliphatic heterocycles. The third kappa shape index (κ3) is 1.95. The summed E-state index contributed by atoms with van der Waals surface area (Å²) in [7, 11) is 0. The number of nitrogens with zero attached hydrogens (tertiary/aromatic N) is 1. The number of hydrogen-bond donors (Lipinski definition) is 1. The van der Waals surface area contributed by atoms with E-state index in [1.54, 1.807) is 6.07 Å². The Labute approximate surface area is 95.7 Å². The second-order valence-corrected chi connectivity index (χ2v) is 4.40. The van der Waals surface area contributed by atoms with Gasteiger partial charge in [-0.3, -0.25) is 4.90 Å². The highest BCUT2D eigenvalue weighted by Gasteiger charge is 2.22. The van der Waals surface area contributed by atoms with E-state index in [2.05, 4.69) is 18.7 Å². The van der Waals surface area contributed by atoms with Crippen LogP contribution in [-0.2, 0) is 13.0 Å². The molecule has 0 spiro atoms. The van der Waals surface area contributed by atoms with Gasteiger partial charge in [0.25, 0.3) is 0 Å². The molecular formula is C13H17NO2. The molecule has 0 aliphatic carbocycles. The van der Waals surface area contributed by atoms with Crippen LogP contribution in [0.5, 0.6) is 0 Å². The number of carboxylic acids is 1. The van der Waals surface area contributed by atoms with Crippen molar-refractivity contribution in [3.05, 3.63) is 34.9 Å². The van der Waals surface area contributed by atoms with E-state index in [0.29, 0.717) is 11.6 Å². The predicted octanol–water partition coefficient (Wildman–Crippen LogP) is 2.15. The predicted molar refractivity (Wildman–Crippen MR) is 62.7 cm³/mol. The Balaban J connectivity index is 2.32. The summed E-state index contributed by atoms with van der Waals surface area (Å²) in [5.74, 6) is -0.839. The van der Waals surface area contributed by atoms with Crippen LogP contribution < -0.4 is 0 Å². The molecule has 1 aromatic rings. The SMILES string of the molecule is CCN1Cc2ccc(C(=O)O)cc2CC1C. The lowest BCUT2D eigenvalue weighted by Gasteiger charge is -2.34. The Kier molecular flexibility index (Phi) is 2.97. The van der Waals surface area contributed by atoms with E-state index < -0.39 is 5.97 Å². The summed E-state index contributed by atoms with van der Waals surface area (Å²) in [4.78, 5) is 13.3. The summed E-state index contributed by atoms with van der Waals surface area (Å²) in [5.41, 5.74) is 2.86. The van der Waals surface area contributed by atoms with Gasteiger partial charge in [-0.25, -0.2) is 4.79 Å². The lowest BCUT2D eigenvalue weighted by atomic mass is 9.93. The van der Waals surface area contributed by atoms with E-state index in [-0.39, 0.29) is 0 Å². The zero-order valence-electron chi connectivity index (χ0n) is 9.73. The molecule has 1 aromatic carbocycles. The molecule has 86 valence electrons. The van der Waals surface area contributed by atoms with Gasteiger partial charge in [0.2, 0.25) is 0 Å².